The highest BCUT2D eigenvalue weighted by Gasteiger charge is 2.13. The predicted octanol–water partition coefficient (Wildman–Crippen LogP) is 4.31. The van der Waals surface area contributed by atoms with E-state index in [4.69, 9.17) is 11.6 Å². The zero-order chi connectivity index (χ0) is 20.1. The fourth-order valence-corrected chi connectivity index (χ4v) is 2.69. The molecule has 0 fully saturated rings. The van der Waals surface area contributed by atoms with Gasteiger partial charge >= 0.3 is 0 Å². The molecule has 2 aromatic carbocycles. The molecule has 0 aliphatic rings. The Hall–Kier alpha value is -3.38. The summed E-state index contributed by atoms with van der Waals surface area (Å²) in [6, 6.07) is 17.2. The summed E-state index contributed by atoms with van der Waals surface area (Å²) in [5, 5.41) is 6.04. The molecule has 0 bridgehead atoms. The molecular formula is C21H19ClN4O2. The van der Waals surface area contributed by atoms with Crippen molar-refractivity contribution in [2.45, 2.75) is 0 Å². The van der Waals surface area contributed by atoms with Gasteiger partial charge in [0.15, 0.2) is 0 Å². The molecule has 0 atom stereocenters. The number of rotatable bonds is 5. The summed E-state index contributed by atoms with van der Waals surface area (Å²) in [6.07, 6.45) is 1.43. The van der Waals surface area contributed by atoms with E-state index in [9.17, 15) is 9.59 Å². The Morgan fingerprint density at radius 2 is 1.61 bits per heavy atom. The zero-order valence-electron chi connectivity index (χ0n) is 15.4. The zero-order valence-corrected chi connectivity index (χ0v) is 16.2. The van der Waals surface area contributed by atoms with Gasteiger partial charge in [-0.05, 0) is 54.6 Å². The molecule has 6 nitrogen and oxygen atoms in total. The van der Waals surface area contributed by atoms with Gasteiger partial charge in [0, 0.05) is 47.9 Å². The maximum Gasteiger partial charge on any atom is 0.274 e. The highest BCUT2D eigenvalue weighted by molar-refractivity contribution is 6.31. The van der Waals surface area contributed by atoms with E-state index in [-0.39, 0.29) is 11.6 Å². The smallest absolute Gasteiger partial charge is 0.274 e. The molecule has 0 aliphatic heterocycles. The van der Waals surface area contributed by atoms with Crippen molar-refractivity contribution in [2.24, 2.45) is 0 Å². The highest BCUT2D eigenvalue weighted by Crippen LogP contribution is 2.18. The third kappa shape index (κ3) is 4.86. The van der Waals surface area contributed by atoms with Crippen LogP contribution in [0.3, 0.4) is 0 Å². The topological polar surface area (TPSA) is 74.3 Å². The number of nitrogens with zero attached hydrogens (tertiary/aromatic N) is 2. The number of carbonyl (C=O) groups excluding carboxylic acids is 2. The minimum absolute atomic E-state index is 0.149. The molecule has 1 heterocycles. The third-order valence-electron chi connectivity index (χ3n) is 3.98. The molecule has 0 saturated carbocycles. The molecule has 0 radical (unpaired) electrons. The van der Waals surface area contributed by atoms with Crippen LogP contribution < -0.4 is 15.5 Å². The highest BCUT2D eigenvalue weighted by atomic mass is 35.5. The van der Waals surface area contributed by atoms with Crippen LogP contribution in [0.2, 0.25) is 5.02 Å². The van der Waals surface area contributed by atoms with Crippen molar-refractivity contribution in [2.75, 3.05) is 29.6 Å². The molecule has 142 valence electrons. The van der Waals surface area contributed by atoms with E-state index in [1.165, 1.54) is 12.3 Å². The van der Waals surface area contributed by atoms with Crippen LogP contribution >= 0.6 is 11.6 Å². The van der Waals surface area contributed by atoms with Crippen LogP contribution in [0.1, 0.15) is 20.8 Å². The van der Waals surface area contributed by atoms with E-state index in [0.717, 1.165) is 5.69 Å². The van der Waals surface area contributed by atoms with Crippen LogP contribution in [-0.2, 0) is 0 Å². The quantitative estimate of drug-likeness (QED) is 0.676. The number of halogens is 1. The van der Waals surface area contributed by atoms with Gasteiger partial charge in [-0.2, -0.15) is 0 Å². The molecular weight excluding hydrogens is 376 g/mol. The summed E-state index contributed by atoms with van der Waals surface area (Å²) < 4.78 is 0. The summed E-state index contributed by atoms with van der Waals surface area (Å²) in [5.74, 6) is -0.746. The third-order valence-corrected chi connectivity index (χ3v) is 4.21. The second kappa shape index (κ2) is 8.54. The van der Waals surface area contributed by atoms with Gasteiger partial charge in [-0.15, -0.1) is 0 Å². The lowest BCUT2D eigenvalue weighted by Gasteiger charge is -2.13. The van der Waals surface area contributed by atoms with Gasteiger partial charge in [-0.25, -0.2) is 0 Å². The number of carbonyl (C=O) groups is 2. The van der Waals surface area contributed by atoms with Gasteiger partial charge in [0.2, 0.25) is 0 Å². The van der Waals surface area contributed by atoms with Crippen LogP contribution in [0.25, 0.3) is 0 Å². The van der Waals surface area contributed by atoms with Crippen molar-refractivity contribution >= 4 is 40.5 Å². The van der Waals surface area contributed by atoms with Crippen molar-refractivity contribution in [3.63, 3.8) is 0 Å². The Morgan fingerprint density at radius 3 is 2.29 bits per heavy atom. The number of hydrogen-bond acceptors (Lipinski definition) is 4. The van der Waals surface area contributed by atoms with Crippen molar-refractivity contribution in [1.82, 2.24) is 4.98 Å². The van der Waals surface area contributed by atoms with Crippen LogP contribution in [0.15, 0.2) is 66.9 Å². The van der Waals surface area contributed by atoms with E-state index in [0.29, 0.717) is 22.0 Å². The molecule has 0 saturated heterocycles. The number of aromatic nitrogens is 1. The molecule has 0 aliphatic carbocycles. The lowest BCUT2D eigenvalue weighted by molar-refractivity contribution is 0.102. The van der Waals surface area contributed by atoms with E-state index in [1.807, 2.05) is 43.3 Å². The number of hydrogen-bond donors (Lipinski definition) is 2. The molecule has 2 N–H and O–H groups in total. The second-order valence-corrected chi connectivity index (χ2v) is 6.73. The van der Waals surface area contributed by atoms with Crippen molar-refractivity contribution in [3.8, 4) is 0 Å². The summed E-state index contributed by atoms with van der Waals surface area (Å²) in [4.78, 5) is 30.9. The SMILES string of the molecule is CN(C)c1ccc(NC(=O)c2cc(C(=O)Nc3cccc(Cl)c3)ccn2)cc1. The molecule has 0 spiro atoms. The number of pyridine rings is 1. The van der Waals surface area contributed by atoms with Gasteiger partial charge in [0.05, 0.1) is 0 Å². The maximum atomic E-state index is 12.5. The maximum absolute atomic E-state index is 12.5. The number of anilines is 3. The molecule has 7 heteroatoms. The summed E-state index contributed by atoms with van der Waals surface area (Å²) in [6.45, 7) is 0. The van der Waals surface area contributed by atoms with Crippen molar-refractivity contribution < 1.29 is 9.59 Å². The van der Waals surface area contributed by atoms with Crippen LogP contribution in [0, 0.1) is 0 Å². The molecule has 28 heavy (non-hydrogen) atoms. The van der Waals surface area contributed by atoms with E-state index < -0.39 is 5.91 Å². The minimum Gasteiger partial charge on any atom is -0.378 e. The van der Waals surface area contributed by atoms with Crippen LogP contribution in [-0.4, -0.2) is 30.9 Å². The van der Waals surface area contributed by atoms with Gasteiger partial charge in [0.25, 0.3) is 11.8 Å². The first-order chi connectivity index (χ1) is 13.4. The normalized spacial score (nSPS) is 10.2. The fourth-order valence-electron chi connectivity index (χ4n) is 2.50. The second-order valence-electron chi connectivity index (χ2n) is 6.29. The Bertz CT molecular complexity index is 1000. The average Bonchev–Trinajstić information content (AvgIpc) is 2.68. The van der Waals surface area contributed by atoms with Crippen LogP contribution in [0.4, 0.5) is 17.1 Å². The van der Waals surface area contributed by atoms with Gasteiger partial charge in [-0.1, -0.05) is 17.7 Å². The standard InChI is InChI=1S/C21H19ClN4O2/c1-26(2)18-8-6-16(7-9-18)24-21(28)19-12-14(10-11-23-19)20(27)25-17-5-3-4-15(22)13-17/h3-13H,1-2H3,(H,24,28)(H,25,27). The molecule has 0 unspecified atom stereocenters. The van der Waals surface area contributed by atoms with Crippen molar-refractivity contribution in [1.29, 1.82) is 0 Å². The Kier molecular flexibility index (Phi) is 5.91. The number of nitrogens with one attached hydrogen (secondary N) is 2. The summed E-state index contributed by atoms with van der Waals surface area (Å²) in [5.41, 5.74) is 2.71. The monoisotopic (exact) mass is 394 g/mol. The minimum atomic E-state index is -0.394. The van der Waals surface area contributed by atoms with E-state index >= 15 is 0 Å². The van der Waals surface area contributed by atoms with Gasteiger partial charge < -0.3 is 15.5 Å². The lowest BCUT2D eigenvalue weighted by Crippen LogP contribution is -2.17. The summed E-state index contributed by atoms with van der Waals surface area (Å²) in [7, 11) is 3.88. The van der Waals surface area contributed by atoms with E-state index in [1.54, 1.807) is 30.3 Å². The first-order valence-electron chi connectivity index (χ1n) is 8.54. The number of amides is 2. The molecule has 2 amide bonds. The Balaban J connectivity index is 1.71. The van der Waals surface area contributed by atoms with Crippen LogP contribution in [0.5, 0.6) is 0 Å². The van der Waals surface area contributed by atoms with Gasteiger partial charge in [-0.3, -0.25) is 14.6 Å². The molecule has 3 rings (SSSR count). The summed E-state index contributed by atoms with van der Waals surface area (Å²) >= 11 is 5.93. The fraction of sp³-hybridized carbons (Fsp3) is 0.0952. The van der Waals surface area contributed by atoms with Gasteiger partial charge in [0.1, 0.15) is 5.69 Å². The predicted molar refractivity (Wildman–Crippen MR) is 112 cm³/mol. The molecule has 1 aromatic heterocycles. The number of benzene rings is 2. The van der Waals surface area contributed by atoms with Crippen molar-refractivity contribution in [3.05, 3.63) is 83.1 Å². The Morgan fingerprint density at radius 1 is 0.893 bits per heavy atom. The average molecular weight is 395 g/mol. The largest absolute Gasteiger partial charge is 0.378 e. The Labute approximate surface area is 168 Å². The van der Waals surface area contributed by atoms with E-state index in [2.05, 4.69) is 15.6 Å². The first kappa shape index (κ1) is 19.4. The first-order valence-corrected chi connectivity index (χ1v) is 8.92. The lowest BCUT2D eigenvalue weighted by atomic mass is 10.2. The molecule has 3 aromatic rings.